The number of nitrogens with zero attached hydrogens (tertiary/aromatic N) is 6. The SMILES string of the molecule is C=C(C)N1CCN(C(C=C(N)c2n[nH]c3ccc(-c4cnn(C)c4)cc23)=NC)CC1. The van der Waals surface area contributed by atoms with Crippen LogP contribution in [0.3, 0.4) is 0 Å². The van der Waals surface area contributed by atoms with Gasteiger partial charge in [0.25, 0.3) is 0 Å². The molecular weight excluding hydrogens is 376 g/mol. The van der Waals surface area contributed by atoms with Gasteiger partial charge in [0.2, 0.25) is 0 Å². The van der Waals surface area contributed by atoms with E-state index in [4.69, 9.17) is 5.73 Å². The van der Waals surface area contributed by atoms with Crippen LogP contribution in [0.5, 0.6) is 0 Å². The number of aryl methyl sites for hydroxylation is 1. The first-order chi connectivity index (χ1) is 14.5. The lowest BCUT2D eigenvalue weighted by Crippen LogP contribution is -2.47. The van der Waals surface area contributed by atoms with E-state index in [2.05, 4.69) is 48.8 Å². The second-order valence-electron chi connectivity index (χ2n) is 7.63. The predicted molar refractivity (Wildman–Crippen MR) is 122 cm³/mol. The maximum absolute atomic E-state index is 6.49. The number of benzene rings is 1. The third-order valence-electron chi connectivity index (χ3n) is 5.53. The van der Waals surface area contributed by atoms with Gasteiger partial charge in [-0.1, -0.05) is 12.6 Å². The van der Waals surface area contributed by atoms with Crippen LogP contribution in [-0.4, -0.2) is 68.8 Å². The fourth-order valence-electron chi connectivity index (χ4n) is 3.81. The van der Waals surface area contributed by atoms with E-state index in [1.165, 1.54) is 0 Å². The zero-order valence-electron chi connectivity index (χ0n) is 17.8. The highest BCUT2D eigenvalue weighted by atomic mass is 15.3. The average Bonchev–Trinajstić information content (AvgIpc) is 3.37. The summed E-state index contributed by atoms with van der Waals surface area (Å²) < 4.78 is 1.79. The molecule has 0 bridgehead atoms. The molecule has 4 rings (SSSR count). The molecule has 1 aromatic carbocycles. The Morgan fingerprint density at radius 1 is 1.20 bits per heavy atom. The lowest BCUT2D eigenvalue weighted by molar-refractivity contribution is 0.223. The molecule has 1 saturated heterocycles. The van der Waals surface area contributed by atoms with Crippen molar-refractivity contribution in [3.05, 3.63) is 54.6 Å². The van der Waals surface area contributed by atoms with Crippen molar-refractivity contribution in [2.75, 3.05) is 33.2 Å². The summed E-state index contributed by atoms with van der Waals surface area (Å²) >= 11 is 0. The number of aromatic nitrogens is 4. The molecule has 30 heavy (non-hydrogen) atoms. The summed E-state index contributed by atoms with van der Waals surface area (Å²) in [6.45, 7) is 9.72. The molecule has 3 N–H and O–H groups in total. The van der Waals surface area contributed by atoms with E-state index in [-0.39, 0.29) is 0 Å². The number of piperazine rings is 1. The van der Waals surface area contributed by atoms with Gasteiger partial charge in [-0.2, -0.15) is 10.2 Å². The third kappa shape index (κ3) is 3.80. The smallest absolute Gasteiger partial charge is 0.125 e. The van der Waals surface area contributed by atoms with Crippen LogP contribution >= 0.6 is 0 Å². The number of hydrogen-bond acceptors (Lipinski definition) is 5. The highest BCUT2D eigenvalue weighted by Gasteiger charge is 2.19. The molecule has 8 heteroatoms. The maximum atomic E-state index is 6.49. The number of H-pyrrole nitrogens is 1. The fourth-order valence-corrected chi connectivity index (χ4v) is 3.81. The van der Waals surface area contributed by atoms with Crippen LogP contribution < -0.4 is 5.73 Å². The Morgan fingerprint density at radius 2 is 1.93 bits per heavy atom. The highest BCUT2D eigenvalue weighted by molar-refractivity contribution is 6.02. The van der Waals surface area contributed by atoms with Crippen molar-refractivity contribution in [1.29, 1.82) is 0 Å². The molecule has 3 aromatic rings. The van der Waals surface area contributed by atoms with Gasteiger partial charge in [0.15, 0.2) is 0 Å². The molecule has 1 fully saturated rings. The standard InChI is InChI=1S/C22H28N8/c1-15(2)29-7-9-30(10-8-29)21(24-3)12-19(23)22-18-11-16(5-6-20(18)26-27-22)17-13-25-28(4)14-17/h5-6,11-14H,1,7-10,23H2,2-4H3,(H,26,27). The summed E-state index contributed by atoms with van der Waals surface area (Å²) in [7, 11) is 3.71. The minimum Gasteiger partial charge on any atom is -0.397 e. The molecule has 0 radical (unpaired) electrons. The van der Waals surface area contributed by atoms with E-state index in [1.807, 2.05) is 38.5 Å². The van der Waals surface area contributed by atoms with Gasteiger partial charge in [-0.3, -0.25) is 14.8 Å². The number of nitrogens with one attached hydrogen (secondary N) is 1. The van der Waals surface area contributed by atoms with Crippen LogP contribution in [0.15, 0.2) is 53.9 Å². The lowest BCUT2D eigenvalue weighted by atomic mass is 10.1. The summed E-state index contributed by atoms with van der Waals surface area (Å²) in [5.41, 5.74) is 12.0. The van der Waals surface area contributed by atoms with Crippen molar-refractivity contribution in [3.63, 3.8) is 0 Å². The number of aliphatic imine (C=N–C) groups is 1. The van der Waals surface area contributed by atoms with Gasteiger partial charge in [-0.25, -0.2) is 0 Å². The van der Waals surface area contributed by atoms with Gasteiger partial charge in [-0.15, -0.1) is 0 Å². The summed E-state index contributed by atoms with van der Waals surface area (Å²) in [4.78, 5) is 9.02. The first kappa shape index (κ1) is 19.8. The summed E-state index contributed by atoms with van der Waals surface area (Å²) in [5, 5.41) is 12.8. The highest BCUT2D eigenvalue weighted by Crippen LogP contribution is 2.27. The van der Waals surface area contributed by atoms with E-state index in [0.29, 0.717) is 5.70 Å². The predicted octanol–water partition coefficient (Wildman–Crippen LogP) is 2.44. The van der Waals surface area contributed by atoms with E-state index >= 15 is 0 Å². The number of fused-ring (bicyclic) bond motifs is 1. The Balaban J connectivity index is 1.61. The fraction of sp³-hybridized carbons (Fsp3) is 0.318. The topological polar surface area (TPSA) is 91.4 Å². The molecule has 0 aliphatic carbocycles. The normalized spacial score (nSPS) is 15.8. The monoisotopic (exact) mass is 404 g/mol. The van der Waals surface area contributed by atoms with Crippen molar-refractivity contribution in [2.24, 2.45) is 17.8 Å². The zero-order valence-corrected chi connectivity index (χ0v) is 17.8. The Labute approximate surface area is 176 Å². The Hall–Kier alpha value is -3.55. The molecule has 0 saturated carbocycles. The molecule has 0 amide bonds. The van der Waals surface area contributed by atoms with Gasteiger partial charge in [0, 0.05) is 69.2 Å². The van der Waals surface area contributed by atoms with Gasteiger partial charge >= 0.3 is 0 Å². The number of nitrogens with two attached hydrogens (primary N) is 1. The number of hydrogen-bond donors (Lipinski definition) is 2. The van der Waals surface area contributed by atoms with Crippen molar-refractivity contribution in [1.82, 2.24) is 29.8 Å². The molecular formula is C22H28N8. The molecule has 0 atom stereocenters. The quantitative estimate of drug-likeness (QED) is 0.515. The zero-order chi connectivity index (χ0) is 21.3. The van der Waals surface area contributed by atoms with Crippen LogP contribution in [0.2, 0.25) is 0 Å². The first-order valence-electron chi connectivity index (χ1n) is 10.0. The van der Waals surface area contributed by atoms with Crippen molar-refractivity contribution >= 4 is 22.4 Å². The molecule has 2 aromatic heterocycles. The third-order valence-corrected chi connectivity index (χ3v) is 5.53. The molecule has 0 spiro atoms. The number of allylic oxidation sites excluding steroid dienone is 1. The van der Waals surface area contributed by atoms with Crippen LogP contribution in [-0.2, 0) is 7.05 Å². The summed E-state index contributed by atoms with van der Waals surface area (Å²) in [5.74, 6) is 0.869. The van der Waals surface area contributed by atoms with Crippen LogP contribution in [0.1, 0.15) is 12.6 Å². The van der Waals surface area contributed by atoms with E-state index in [9.17, 15) is 0 Å². The van der Waals surface area contributed by atoms with Crippen LogP contribution in [0, 0.1) is 0 Å². The van der Waals surface area contributed by atoms with Gasteiger partial charge in [0.1, 0.15) is 11.5 Å². The largest absolute Gasteiger partial charge is 0.397 e. The molecule has 156 valence electrons. The minimum atomic E-state index is 0.590. The molecule has 1 aliphatic heterocycles. The van der Waals surface area contributed by atoms with Crippen molar-refractivity contribution < 1.29 is 0 Å². The lowest BCUT2D eigenvalue weighted by Gasteiger charge is -2.37. The number of rotatable bonds is 4. The van der Waals surface area contributed by atoms with E-state index in [0.717, 1.165) is 65.4 Å². The first-order valence-corrected chi connectivity index (χ1v) is 10.0. The summed E-state index contributed by atoms with van der Waals surface area (Å²) in [6.07, 6.45) is 5.77. The molecule has 0 unspecified atom stereocenters. The van der Waals surface area contributed by atoms with Gasteiger partial charge in [-0.05, 0) is 24.6 Å². The number of aromatic amines is 1. The summed E-state index contributed by atoms with van der Waals surface area (Å²) in [6, 6.07) is 6.18. The second kappa shape index (κ2) is 8.06. The van der Waals surface area contributed by atoms with Crippen LogP contribution in [0.25, 0.3) is 27.7 Å². The Morgan fingerprint density at radius 3 is 2.57 bits per heavy atom. The molecule has 1 aliphatic rings. The van der Waals surface area contributed by atoms with E-state index < -0.39 is 0 Å². The Bertz CT molecular complexity index is 1130. The Kier molecular flexibility index (Phi) is 5.31. The van der Waals surface area contributed by atoms with E-state index in [1.54, 1.807) is 11.7 Å². The average molecular weight is 405 g/mol. The van der Waals surface area contributed by atoms with Crippen molar-refractivity contribution in [3.8, 4) is 11.1 Å². The molecule has 3 heterocycles. The maximum Gasteiger partial charge on any atom is 0.125 e. The second-order valence-corrected chi connectivity index (χ2v) is 7.63. The number of amidine groups is 1. The van der Waals surface area contributed by atoms with Crippen molar-refractivity contribution in [2.45, 2.75) is 6.92 Å². The minimum absolute atomic E-state index is 0.590. The van der Waals surface area contributed by atoms with Gasteiger partial charge in [0.05, 0.1) is 17.4 Å². The molecule has 8 nitrogen and oxygen atoms in total. The van der Waals surface area contributed by atoms with Crippen LogP contribution in [0.4, 0.5) is 0 Å². The van der Waals surface area contributed by atoms with Gasteiger partial charge < -0.3 is 15.5 Å².